The quantitative estimate of drug-likeness (QED) is 0.621. The third-order valence-electron chi connectivity index (χ3n) is 2.40. The maximum Gasteiger partial charge on any atom is 0.122 e. The van der Waals surface area contributed by atoms with Crippen LogP contribution in [-0.4, -0.2) is 19.4 Å². The summed E-state index contributed by atoms with van der Waals surface area (Å²) in [6.07, 6.45) is 4.66. The minimum atomic E-state index is 0.262. The first-order chi connectivity index (χ1) is 5.33. The number of nitrogens with one attached hydrogen (secondary N) is 1. The lowest BCUT2D eigenvalue weighted by Crippen LogP contribution is -2.28. The molecule has 0 aromatic rings. The molecule has 1 atom stereocenters. The van der Waals surface area contributed by atoms with Crippen molar-refractivity contribution in [3.05, 3.63) is 0 Å². The number of hydrogen-bond donors (Lipinski definition) is 1. The van der Waals surface area contributed by atoms with Crippen molar-refractivity contribution >= 4 is 6.29 Å². The Labute approximate surface area is 68.4 Å². The summed E-state index contributed by atoms with van der Waals surface area (Å²) in [7, 11) is 0. The van der Waals surface area contributed by atoms with Gasteiger partial charge in [-0.25, -0.2) is 0 Å². The third-order valence-corrected chi connectivity index (χ3v) is 2.40. The highest BCUT2D eigenvalue weighted by atomic mass is 16.1. The highest BCUT2D eigenvalue weighted by molar-refractivity contribution is 5.52. The van der Waals surface area contributed by atoms with Gasteiger partial charge in [0.15, 0.2) is 0 Å². The average molecular weight is 155 g/mol. The number of piperidine rings is 1. The second kappa shape index (κ2) is 4.50. The van der Waals surface area contributed by atoms with E-state index in [1.807, 2.05) is 6.92 Å². The molecule has 1 fully saturated rings. The summed E-state index contributed by atoms with van der Waals surface area (Å²) in [5.74, 6) is 1.05. The zero-order valence-electron chi connectivity index (χ0n) is 7.18. The molecule has 0 aromatic heterocycles. The first kappa shape index (κ1) is 8.72. The molecule has 0 aliphatic carbocycles. The molecule has 0 amide bonds. The van der Waals surface area contributed by atoms with E-state index in [0.29, 0.717) is 0 Å². The van der Waals surface area contributed by atoms with Crippen LogP contribution in [0.1, 0.15) is 26.2 Å². The van der Waals surface area contributed by atoms with Crippen LogP contribution in [-0.2, 0) is 4.79 Å². The van der Waals surface area contributed by atoms with Crippen molar-refractivity contribution in [1.29, 1.82) is 0 Å². The SMILES string of the molecule is CC(C=O)CC1CCNCC1. The number of carbonyl (C=O) groups excluding carboxylic acids is 1. The Morgan fingerprint density at radius 2 is 2.18 bits per heavy atom. The molecule has 11 heavy (non-hydrogen) atoms. The summed E-state index contributed by atoms with van der Waals surface area (Å²) in [4.78, 5) is 10.4. The third kappa shape index (κ3) is 3.02. The Morgan fingerprint density at radius 1 is 1.55 bits per heavy atom. The summed E-state index contributed by atoms with van der Waals surface area (Å²) in [5, 5.41) is 3.32. The van der Waals surface area contributed by atoms with E-state index in [-0.39, 0.29) is 5.92 Å². The summed E-state index contributed by atoms with van der Waals surface area (Å²) in [6, 6.07) is 0. The lowest BCUT2D eigenvalue weighted by atomic mass is 9.89. The smallest absolute Gasteiger partial charge is 0.122 e. The Kier molecular flexibility index (Phi) is 3.57. The molecule has 1 heterocycles. The Balaban J connectivity index is 2.18. The molecule has 0 radical (unpaired) electrons. The van der Waals surface area contributed by atoms with Crippen molar-refractivity contribution in [2.24, 2.45) is 11.8 Å². The summed E-state index contributed by atoms with van der Waals surface area (Å²) in [5.41, 5.74) is 0. The predicted octanol–water partition coefficient (Wildman–Crippen LogP) is 1.21. The van der Waals surface area contributed by atoms with Gasteiger partial charge in [0.2, 0.25) is 0 Å². The van der Waals surface area contributed by atoms with E-state index in [9.17, 15) is 4.79 Å². The lowest BCUT2D eigenvalue weighted by Gasteiger charge is -2.23. The van der Waals surface area contributed by atoms with E-state index in [4.69, 9.17) is 0 Å². The van der Waals surface area contributed by atoms with E-state index in [1.54, 1.807) is 0 Å². The topological polar surface area (TPSA) is 29.1 Å². The van der Waals surface area contributed by atoms with E-state index in [2.05, 4.69) is 5.32 Å². The van der Waals surface area contributed by atoms with Gasteiger partial charge in [0.05, 0.1) is 0 Å². The number of hydrogen-bond acceptors (Lipinski definition) is 2. The van der Waals surface area contributed by atoms with Crippen molar-refractivity contribution in [3.63, 3.8) is 0 Å². The second-order valence-electron chi connectivity index (χ2n) is 3.54. The maximum atomic E-state index is 10.4. The Hall–Kier alpha value is -0.370. The van der Waals surface area contributed by atoms with Crippen molar-refractivity contribution in [2.75, 3.05) is 13.1 Å². The molecular weight excluding hydrogens is 138 g/mol. The van der Waals surface area contributed by atoms with Crippen LogP contribution in [0.5, 0.6) is 0 Å². The fourth-order valence-electron chi connectivity index (χ4n) is 1.70. The van der Waals surface area contributed by atoms with Crippen LogP contribution in [0, 0.1) is 11.8 Å². The van der Waals surface area contributed by atoms with Crippen LogP contribution in [0.4, 0.5) is 0 Å². The molecule has 1 saturated heterocycles. The summed E-state index contributed by atoms with van der Waals surface area (Å²) in [6.45, 7) is 4.28. The van der Waals surface area contributed by atoms with Crippen molar-refractivity contribution in [2.45, 2.75) is 26.2 Å². The summed E-state index contributed by atoms with van der Waals surface area (Å²) < 4.78 is 0. The molecule has 1 aliphatic heterocycles. The molecule has 0 bridgehead atoms. The Bertz CT molecular complexity index is 119. The molecule has 64 valence electrons. The van der Waals surface area contributed by atoms with Gasteiger partial charge in [-0.15, -0.1) is 0 Å². The van der Waals surface area contributed by atoms with Crippen LogP contribution in [0.2, 0.25) is 0 Å². The van der Waals surface area contributed by atoms with Crippen LogP contribution in [0.15, 0.2) is 0 Å². The second-order valence-corrected chi connectivity index (χ2v) is 3.54. The van der Waals surface area contributed by atoms with Gasteiger partial charge in [-0.2, -0.15) is 0 Å². The van der Waals surface area contributed by atoms with E-state index in [0.717, 1.165) is 31.7 Å². The first-order valence-corrected chi connectivity index (χ1v) is 4.49. The molecular formula is C9H17NO. The number of carbonyl (C=O) groups is 1. The zero-order valence-corrected chi connectivity index (χ0v) is 7.18. The largest absolute Gasteiger partial charge is 0.317 e. The first-order valence-electron chi connectivity index (χ1n) is 4.49. The fourth-order valence-corrected chi connectivity index (χ4v) is 1.70. The van der Waals surface area contributed by atoms with Gasteiger partial charge in [-0.1, -0.05) is 6.92 Å². The van der Waals surface area contributed by atoms with Gasteiger partial charge in [-0.3, -0.25) is 0 Å². The molecule has 1 N–H and O–H groups in total. The van der Waals surface area contributed by atoms with Gasteiger partial charge < -0.3 is 10.1 Å². The van der Waals surface area contributed by atoms with Crippen LogP contribution in [0.25, 0.3) is 0 Å². The summed E-state index contributed by atoms with van der Waals surface area (Å²) >= 11 is 0. The molecule has 2 heteroatoms. The van der Waals surface area contributed by atoms with Gasteiger partial charge in [-0.05, 0) is 38.3 Å². The average Bonchev–Trinajstić information content (AvgIpc) is 2.06. The molecule has 2 nitrogen and oxygen atoms in total. The number of rotatable bonds is 3. The van der Waals surface area contributed by atoms with Crippen molar-refractivity contribution in [1.82, 2.24) is 5.32 Å². The van der Waals surface area contributed by atoms with Crippen LogP contribution in [0.3, 0.4) is 0 Å². The van der Waals surface area contributed by atoms with Crippen LogP contribution >= 0.6 is 0 Å². The van der Waals surface area contributed by atoms with Gasteiger partial charge >= 0.3 is 0 Å². The standard InChI is InChI=1S/C9H17NO/c1-8(7-11)6-9-2-4-10-5-3-9/h7-10H,2-6H2,1H3. The van der Waals surface area contributed by atoms with E-state index in [1.165, 1.54) is 12.8 Å². The molecule has 0 saturated carbocycles. The van der Waals surface area contributed by atoms with Gasteiger partial charge in [0, 0.05) is 5.92 Å². The highest BCUT2D eigenvalue weighted by Gasteiger charge is 2.15. The predicted molar refractivity (Wildman–Crippen MR) is 45.4 cm³/mol. The van der Waals surface area contributed by atoms with Crippen molar-refractivity contribution < 1.29 is 4.79 Å². The lowest BCUT2D eigenvalue weighted by molar-refractivity contribution is -0.111. The normalized spacial score (nSPS) is 23.0. The van der Waals surface area contributed by atoms with Crippen molar-refractivity contribution in [3.8, 4) is 0 Å². The minimum Gasteiger partial charge on any atom is -0.317 e. The monoisotopic (exact) mass is 155 g/mol. The number of aldehydes is 1. The molecule has 1 rings (SSSR count). The maximum absolute atomic E-state index is 10.4. The van der Waals surface area contributed by atoms with Gasteiger partial charge in [0.25, 0.3) is 0 Å². The molecule has 0 aromatic carbocycles. The zero-order chi connectivity index (χ0) is 8.10. The van der Waals surface area contributed by atoms with E-state index >= 15 is 0 Å². The fraction of sp³-hybridized carbons (Fsp3) is 0.889. The minimum absolute atomic E-state index is 0.262. The molecule has 0 spiro atoms. The Morgan fingerprint density at radius 3 is 2.73 bits per heavy atom. The molecule has 1 unspecified atom stereocenters. The van der Waals surface area contributed by atoms with Gasteiger partial charge in [0.1, 0.15) is 6.29 Å². The van der Waals surface area contributed by atoms with Crippen LogP contribution < -0.4 is 5.32 Å². The highest BCUT2D eigenvalue weighted by Crippen LogP contribution is 2.19. The molecule has 1 aliphatic rings. The van der Waals surface area contributed by atoms with E-state index < -0.39 is 0 Å².